The summed E-state index contributed by atoms with van der Waals surface area (Å²) in [5, 5.41) is 4.97. The molecule has 2 aromatic carbocycles. The Hall–Kier alpha value is -3.96. The second kappa shape index (κ2) is 11.8. The third-order valence-electron chi connectivity index (χ3n) is 6.85. The van der Waals surface area contributed by atoms with Crippen molar-refractivity contribution in [3.8, 4) is 11.5 Å². The highest BCUT2D eigenvalue weighted by Crippen LogP contribution is 2.25. The number of likely N-dealkylation sites (tertiary alicyclic amines) is 1. The monoisotopic (exact) mass is 549 g/mol. The van der Waals surface area contributed by atoms with Gasteiger partial charge in [0.05, 0.1) is 25.3 Å². The highest BCUT2D eigenvalue weighted by atomic mass is 32.1. The molecule has 11 heteroatoms. The molecule has 5 rings (SSSR count). The highest BCUT2D eigenvalue weighted by Gasteiger charge is 2.34. The fourth-order valence-electron chi connectivity index (χ4n) is 4.80. The van der Waals surface area contributed by atoms with Gasteiger partial charge in [-0.05, 0) is 48.2 Å². The van der Waals surface area contributed by atoms with Crippen molar-refractivity contribution in [2.75, 3.05) is 32.4 Å². The van der Waals surface area contributed by atoms with Crippen LogP contribution in [0.2, 0.25) is 0 Å². The number of amides is 3. The van der Waals surface area contributed by atoms with Gasteiger partial charge in [-0.3, -0.25) is 14.4 Å². The molecule has 2 aliphatic rings. The standard InChI is InChI=1S/C28H31N5O5S/c1-32-15-25(34)30-22-14-33(27(36)23-17-39-28(29)31-23)11-10-24(22)37-16-19-5-3-7-21(13-19)38-20-6-2-4-18(12-20)8-9-26(32)35/h2-7,12-13,17,22,24H,8-11,14-16H2,1H3,(H2,29,31)(H,30,34)/t22-,24+/m0/s1. The number of nitrogens with one attached hydrogen (secondary N) is 1. The molecule has 0 aliphatic carbocycles. The van der Waals surface area contributed by atoms with Gasteiger partial charge in [-0.1, -0.05) is 24.3 Å². The molecule has 0 saturated carbocycles. The number of hydrogen-bond acceptors (Lipinski definition) is 8. The number of carbonyl (C=O) groups excluding carboxylic acids is 3. The lowest BCUT2D eigenvalue weighted by atomic mass is 10.0. The zero-order valence-electron chi connectivity index (χ0n) is 21.7. The average Bonchev–Trinajstić information content (AvgIpc) is 3.36. The van der Waals surface area contributed by atoms with Crippen LogP contribution in [0.25, 0.3) is 0 Å². The summed E-state index contributed by atoms with van der Waals surface area (Å²) in [4.78, 5) is 46.0. The van der Waals surface area contributed by atoms with Crippen LogP contribution in [0, 0.1) is 0 Å². The van der Waals surface area contributed by atoms with E-state index in [2.05, 4.69) is 10.3 Å². The summed E-state index contributed by atoms with van der Waals surface area (Å²) >= 11 is 1.21. The Morgan fingerprint density at radius 1 is 1.10 bits per heavy atom. The SMILES string of the molecule is CN1CC(=O)N[C@H]2CN(C(=O)c3csc(N)n3)CC[C@H]2OCc2cccc(c2)Oc2cccc(c2)CCC1=O. The fourth-order valence-corrected chi connectivity index (χ4v) is 5.34. The summed E-state index contributed by atoms with van der Waals surface area (Å²) in [6.07, 6.45) is 0.976. The molecule has 4 bridgehead atoms. The number of hydrogen-bond donors (Lipinski definition) is 2. The highest BCUT2D eigenvalue weighted by molar-refractivity contribution is 7.13. The van der Waals surface area contributed by atoms with E-state index in [1.54, 1.807) is 17.3 Å². The van der Waals surface area contributed by atoms with Gasteiger partial charge in [0, 0.05) is 31.9 Å². The first-order chi connectivity index (χ1) is 18.8. The predicted octanol–water partition coefficient (Wildman–Crippen LogP) is 2.84. The van der Waals surface area contributed by atoms with Crippen molar-refractivity contribution < 1.29 is 23.9 Å². The molecule has 3 aromatic rings. The minimum atomic E-state index is -0.465. The van der Waals surface area contributed by atoms with Gasteiger partial charge in [0.2, 0.25) is 11.8 Å². The number of aromatic nitrogens is 1. The quantitative estimate of drug-likeness (QED) is 0.478. The van der Waals surface area contributed by atoms with E-state index in [-0.39, 0.29) is 49.0 Å². The number of thiazole rings is 1. The number of likely N-dealkylation sites (N-methyl/N-ethyl adjacent to an activating group) is 1. The zero-order valence-corrected chi connectivity index (χ0v) is 22.5. The number of ether oxygens (including phenoxy) is 2. The van der Waals surface area contributed by atoms with Gasteiger partial charge in [-0.25, -0.2) is 4.98 Å². The lowest BCUT2D eigenvalue weighted by Gasteiger charge is -2.38. The van der Waals surface area contributed by atoms with E-state index >= 15 is 0 Å². The third-order valence-corrected chi connectivity index (χ3v) is 7.53. The van der Waals surface area contributed by atoms with Crippen LogP contribution >= 0.6 is 11.3 Å². The van der Waals surface area contributed by atoms with E-state index in [4.69, 9.17) is 15.2 Å². The van der Waals surface area contributed by atoms with Crippen molar-refractivity contribution in [3.05, 3.63) is 70.7 Å². The molecule has 3 heterocycles. The molecular formula is C28H31N5O5S. The van der Waals surface area contributed by atoms with Crippen LogP contribution in [0.5, 0.6) is 11.5 Å². The van der Waals surface area contributed by atoms with E-state index in [1.165, 1.54) is 16.2 Å². The summed E-state index contributed by atoms with van der Waals surface area (Å²) in [5.74, 6) is 0.675. The van der Waals surface area contributed by atoms with Crippen LogP contribution in [0.3, 0.4) is 0 Å². The van der Waals surface area contributed by atoms with Crippen LogP contribution in [-0.4, -0.2) is 71.3 Å². The third kappa shape index (κ3) is 6.73. The number of nitrogen functional groups attached to an aromatic ring is 1. The average molecular weight is 550 g/mol. The van der Waals surface area contributed by atoms with Gasteiger partial charge in [0.15, 0.2) is 5.13 Å². The number of aryl methyl sites for hydroxylation is 1. The second-order valence-corrected chi connectivity index (χ2v) is 10.7. The molecule has 2 atom stereocenters. The number of nitrogens with two attached hydrogens (primary N) is 1. The fraction of sp³-hybridized carbons (Fsp3) is 0.357. The van der Waals surface area contributed by atoms with Gasteiger partial charge >= 0.3 is 0 Å². The Morgan fingerprint density at radius 2 is 1.85 bits per heavy atom. The molecule has 3 amide bonds. The number of rotatable bonds is 1. The van der Waals surface area contributed by atoms with E-state index in [1.807, 2.05) is 48.5 Å². The Kier molecular flexibility index (Phi) is 8.08. The Morgan fingerprint density at radius 3 is 2.59 bits per heavy atom. The molecule has 0 radical (unpaired) electrons. The maximum atomic E-state index is 13.0. The van der Waals surface area contributed by atoms with Crippen molar-refractivity contribution in [1.82, 2.24) is 20.1 Å². The summed E-state index contributed by atoms with van der Waals surface area (Å²) < 4.78 is 12.4. The van der Waals surface area contributed by atoms with Gasteiger partial charge in [0.1, 0.15) is 17.2 Å². The van der Waals surface area contributed by atoms with Crippen LogP contribution in [-0.2, 0) is 27.4 Å². The van der Waals surface area contributed by atoms with Gasteiger partial charge in [0.25, 0.3) is 5.91 Å². The van der Waals surface area contributed by atoms with E-state index in [9.17, 15) is 14.4 Å². The van der Waals surface area contributed by atoms with Gasteiger partial charge in [-0.15, -0.1) is 11.3 Å². The summed E-state index contributed by atoms with van der Waals surface area (Å²) in [6, 6.07) is 14.9. The normalized spacial score (nSPS) is 20.7. The van der Waals surface area contributed by atoms with Gasteiger partial charge < -0.3 is 30.3 Å². The number of nitrogens with zero attached hydrogens (tertiary/aromatic N) is 3. The molecule has 0 unspecified atom stereocenters. The van der Waals surface area contributed by atoms with Crippen LogP contribution < -0.4 is 15.8 Å². The van der Waals surface area contributed by atoms with Crippen molar-refractivity contribution >= 4 is 34.2 Å². The minimum absolute atomic E-state index is 0.0934. The minimum Gasteiger partial charge on any atom is -0.457 e. The summed E-state index contributed by atoms with van der Waals surface area (Å²) in [7, 11) is 1.61. The number of benzene rings is 2. The lowest BCUT2D eigenvalue weighted by Crippen LogP contribution is -2.58. The first-order valence-corrected chi connectivity index (χ1v) is 13.7. The van der Waals surface area contributed by atoms with Crippen molar-refractivity contribution in [2.45, 2.75) is 38.0 Å². The summed E-state index contributed by atoms with van der Waals surface area (Å²) in [6.45, 7) is 0.917. The number of anilines is 1. The topological polar surface area (TPSA) is 127 Å². The number of fused-ring (bicyclic) bond motifs is 5. The molecule has 10 nitrogen and oxygen atoms in total. The molecule has 39 heavy (non-hydrogen) atoms. The molecule has 204 valence electrons. The van der Waals surface area contributed by atoms with E-state index in [0.717, 1.165) is 11.1 Å². The van der Waals surface area contributed by atoms with Crippen molar-refractivity contribution in [3.63, 3.8) is 0 Å². The van der Waals surface area contributed by atoms with Crippen molar-refractivity contribution in [2.24, 2.45) is 0 Å². The maximum absolute atomic E-state index is 13.0. The molecule has 0 spiro atoms. The first-order valence-electron chi connectivity index (χ1n) is 12.8. The Labute approximate surface area is 230 Å². The zero-order chi connectivity index (χ0) is 27.4. The molecule has 1 fully saturated rings. The van der Waals surface area contributed by atoms with Crippen LogP contribution in [0.4, 0.5) is 5.13 Å². The second-order valence-electron chi connectivity index (χ2n) is 9.78. The predicted molar refractivity (Wildman–Crippen MR) is 146 cm³/mol. The summed E-state index contributed by atoms with van der Waals surface area (Å²) in [5.41, 5.74) is 7.90. The first kappa shape index (κ1) is 26.6. The van der Waals surface area contributed by atoms with E-state index < -0.39 is 6.04 Å². The number of carbonyl (C=O) groups is 3. The number of piperidine rings is 1. The van der Waals surface area contributed by atoms with Crippen LogP contribution in [0.1, 0.15) is 34.5 Å². The van der Waals surface area contributed by atoms with Gasteiger partial charge in [-0.2, -0.15) is 0 Å². The lowest BCUT2D eigenvalue weighted by molar-refractivity contribution is -0.135. The van der Waals surface area contributed by atoms with Crippen molar-refractivity contribution in [1.29, 1.82) is 0 Å². The van der Waals surface area contributed by atoms with Crippen LogP contribution in [0.15, 0.2) is 53.9 Å². The van der Waals surface area contributed by atoms with E-state index in [0.29, 0.717) is 42.6 Å². The molecule has 2 aliphatic heterocycles. The Balaban J connectivity index is 1.37. The largest absolute Gasteiger partial charge is 0.457 e. The molecular weight excluding hydrogens is 518 g/mol. The maximum Gasteiger partial charge on any atom is 0.273 e. The smallest absolute Gasteiger partial charge is 0.273 e. The Bertz CT molecular complexity index is 1360. The molecule has 1 saturated heterocycles. The molecule has 3 N–H and O–H groups in total. The molecule has 1 aromatic heterocycles.